The summed E-state index contributed by atoms with van der Waals surface area (Å²) in [5.41, 5.74) is 0.238. The van der Waals surface area contributed by atoms with Gasteiger partial charge in [-0.05, 0) is 29.8 Å². The lowest BCUT2D eigenvalue weighted by atomic mass is 10.0. The van der Waals surface area contributed by atoms with E-state index in [1.807, 2.05) is 12.1 Å². The molecule has 1 aliphatic heterocycles. The number of morpholine rings is 1. The molecule has 0 spiro atoms. The van der Waals surface area contributed by atoms with E-state index in [-0.39, 0.29) is 6.04 Å². The van der Waals surface area contributed by atoms with Crippen LogP contribution in [0.15, 0.2) is 47.1 Å². The molecular formula is C18H21F3N2O2. The average molecular weight is 354 g/mol. The van der Waals surface area contributed by atoms with Gasteiger partial charge in [-0.3, -0.25) is 4.90 Å². The zero-order valence-corrected chi connectivity index (χ0v) is 13.8. The molecule has 1 saturated heterocycles. The number of nitrogens with zero attached hydrogens (tertiary/aromatic N) is 1. The highest BCUT2D eigenvalue weighted by molar-refractivity contribution is 5.27. The average Bonchev–Trinajstić information content (AvgIpc) is 3.12. The number of halogens is 3. The predicted octanol–water partition coefficient (Wildman–Crippen LogP) is 3.46. The first kappa shape index (κ1) is 18.0. The van der Waals surface area contributed by atoms with E-state index >= 15 is 0 Å². The van der Waals surface area contributed by atoms with E-state index in [9.17, 15) is 13.2 Å². The van der Waals surface area contributed by atoms with Crippen molar-refractivity contribution in [1.29, 1.82) is 0 Å². The van der Waals surface area contributed by atoms with Crippen LogP contribution in [0.4, 0.5) is 13.2 Å². The second-order valence-corrected chi connectivity index (χ2v) is 5.99. The van der Waals surface area contributed by atoms with Gasteiger partial charge in [-0.2, -0.15) is 13.2 Å². The van der Waals surface area contributed by atoms with Gasteiger partial charge in [-0.25, -0.2) is 0 Å². The van der Waals surface area contributed by atoms with Crippen molar-refractivity contribution >= 4 is 0 Å². The number of benzene rings is 1. The van der Waals surface area contributed by atoms with Crippen molar-refractivity contribution in [3.05, 3.63) is 59.5 Å². The number of ether oxygens (including phenoxy) is 1. The van der Waals surface area contributed by atoms with Gasteiger partial charge in [-0.1, -0.05) is 12.1 Å². The quantitative estimate of drug-likeness (QED) is 0.862. The van der Waals surface area contributed by atoms with Gasteiger partial charge in [0.05, 0.1) is 31.6 Å². The summed E-state index contributed by atoms with van der Waals surface area (Å²) in [4.78, 5) is 2.24. The molecule has 0 amide bonds. The van der Waals surface area contributed by atoms with Crippen LogP contribution in [0.1, 0.15) is 22.9 Å². The molecule has 1 atom stereocenters. The molecule has 1 N–H and O–H groups in total. The molecule has 3 rings (SSSR count). The molecular weight excluding hydrogens is 333 g/mol. The first-order chi connectivity index (χ1) is 12.0. The maximum absolute atomic E-state index is 12.8. The normalized spacial score (nSPS) is 17.6. The summed E-state index contributed by atoms with van der Waals surface area (Å²) in [6, 6.07) is 9.13. The van der Waals surface area contributed by atoms with Gasteiger partial charge >= 0.3 is 6.18 Å². The maximum atomic E-state index is 12.8. The first-order valence-electron chi connectivity index (χ1n) is 8.26. The second-order valence-electron chi connectivity index (χ2n) is 5.99. The van der Waals surface area contributed by atoms with Crippen LogP contribution in [-0.4, -0.2) is 37.7 Å². The fourth-order valence-corrected chi connectivity index (χ4v) is 2.99. The van der Waals surface area contributed by atoms with Crippen LogP contribution in [0.2, 0.25) is 0 Å². The molecule has 1 aromatic carbocycles. The molecule has 1 aromatic heterocycles. The molecule has 1 unspecified atom stereocenters. The number of nitrogens with one attached hydrogen (secondary N) is 1. The third-order valence-electron chi connectivity index (χ3n) is 4.33. The summed E-state index contributed by atoms with van der Waals surface area (Å²) in [6.07, 6.45) is -2.70. The van der Waals surface area contributed by atoms with Crippen LogP contribution >= 0.6 is 0 Å². The van der Waals surface area contributed by atoms with Gasteiger partial charge in [0.25, 0.3) is 0 Å². The summed E-state index contributed by atoms with van der Waals surface area (Å²) >= 11 is 0. The minimum absolute atomic E-state index is 0.0128. The zero-order valence-electron chi connectivity index (χ0n) is 13.8. The summed E-state index contributed by atoms with van der Waals surface area (Å²) < 4.78 is 49.0. The van der Waals surface area contributed by atoms with Crippen LogP contribution < -0.4 is 5.32 Å². The van der Waals surface area contributed by atoms with Crippen molar-refractivity contribution in [3.8, 4) is 0 Å². The predicted molar refractivity (Wildman–Crippen MR) is 87.0 cm³/mol. The number of alkyl halides is 3. The van der Waals surface area contributed by atoms with Crippen molar-refractivity contribution in [2.75, 3.05) is 32.8 Å². The molecule has 7 heteroatoms. The molecule has 0 bridgehead atoms. The van der Waals surface area contributed by atoms with Crippen LogP contribution in [0.25, 0.3) is 0 Å². The monoisotopic (exact) mass is 354 g/mol. The molecule has 136 valence electrons. The Morgan fingerprint density at radius 3 is 2.40 bits per heavy atom. The van der Waals surface area contributed by atoms with Crippen molar-refractivity contribution < 1.29 is 22.3 Å². The highest BCUT2D eigenvalue weighted by atomic mass is 19.4. The molecule has 1 aliphatic rings. The SMILES string of the molecule is FC(F)(F)c1ccc(C(CNCc2ccco2)N2CCOCC2)cc1. The smallest absolute Gasteiger partial charge is 0.416 e. The minimum Gasteiger partial charge on any atom is -0.468 e. The maximum Gasteiger partial charge on any atom is 0.416 e. The standard InChI is InChI=1S/C18H21F3N2O2/c19-18(20,21)15-5-3-14(4-6-15)17(23-7-10-24-11-8-23)13-22-12-16-2-1-9-25-16/h1-6,9,17,22H,7-8,10-13H2. The largest absolute Gasteiger partial charge is 0.468 e. The van der Waals surface area contributed by atoms with E-state index in [1.165, 1.54) is 0 Å². The Labute approximate surface area is 144 Å². The van der Waals surface area contributed by atoms with Crippen LogP contribution in [0, 0.1) is 0 Å². The van der Waals surface area contributed by atoms with Crippen LogP contribution in [0.3, 0.4) is 0 Å². The summed E-state index contributed by atoms with van der Waals surface area (Å²) in [7, 11) is 0. The third-order valence-corrected chi connectivity index (χ3v) is 4.33. The number of hydrogen-bond acceptors (Lipinski definition) is 4. The Morgan fingerprint density at radius 1 is 1.08 bits per heavy atom. The van der Waals surface area contributed by atoms with Crippen LogP contribution in [-0.2, 0) is 17.5 Å². The topological polar surface area (TPSA) is 37.6 Å². The Balaban J connectivity index is 1.70. The van der Waals surface area contributed by atoms with E-state index in [0.29, 0.717) is 26.3 Å². The van der Waals surface area contributed by atoms with Gasteiger partial charge < -0.3 is 14.5 Å². The zero-order chi connectivity index (χ0) is 17.7. The Bertz CT molecular complexity index is 635. The van der Waals surface area contributed by atoms with E-state index in [0.717, 1.165) is 36.5 Å². The lowest BCUT2D eigenvalue weighted by Gasteiger charge is -2.35. The fourth-order valence-electron chi connectivity index (χ4n) is 2.99. The van der Waals surface area contributed by atoms with Gasteiger partial charge in [0.15, 0.2) is 0 Å². The van der Waals surface area contributed by atoms with E-state index < -0.39 is 11.7 Å². The molecule has 0 aliphatic carbocycles. The van der Waals surface area contributed by atoms with E-state index in [4.69, 9.17) is 9.15 Å². The highest BCUT2D eigenvalue weighted by Gasteiger charge is 2.31. The lowest BCUT2D eigenvalue weighted by molar-refractivity contribution is -0.137. The molecule has 4 nitrogen and oxygen atoms in total. The molecule has 1 fully saturated rings. The van der Waals surface area contributed by atoms with Crippen molar-refractivity contribution in [3.63, 3.8) is 0 Å². The number of hydrogen-bond donors (Lipinski definition) is 1. The van der Waals surface area contributed by atoms with Crippen molar-refractivity contribution in [2.24, 2.45) is 0 Å². The van der Waals surface area contributed by atoms with Crippen molar-refractivity contribution in [1.82, 2.24) is 10.2 Å². The van der Waals surface area contributed by atoms with Gasteiger partial charge in [0, 0.05) is 25.7 Å². The fraction of sp³-hybridized carbons (Fsp3) is 0.444. The lowest BCUT2D eigenvalue weighted by Crippen LogP contribution is -2.42. The summed E-state index contributed by atoms with van der Waals surface area (Å²) in [5.74, 6) is 0.827. The highest BCUT2D eigenvalue weighted by Crippen LogP contribution is 2.31. The number of furan rings is 1. The van der Waals surface area contributed by atoms with Gasteiger partial charge in [0.1, 0.15) is 5.76 Å². The van der Waals surface area contributed by atoms with E-state index in [1.54, 1.807) is 18.4 Å². The molecule has 0 radical (unpaired) electrons. The second kappa shape index (κ2) is 8.03. The van der Waals surface area contributed by atoms with Crippen molar-refractivity contribution in [2.45, 2.75) is 18.8 Å². The Morgan fingerprint density at radius 2 is 1.80 bits per heavy atom. The van der Waals surface area contributed by atoms with Gasteiger partial charge in [0.2, 0.25) is 0 Å². The number of rotatable bonds is 6. The first-order valence-corrected chi connectivity index (χ1v) is 8.26. The molecule has 0 saturated carbocycles. The molecule has 2 aromatic rings. The van der Waals surface area contributed by atoms with E-state index in [2.05, 4.69) is 10.2 Å². The summed E-state index contributed by atoms with van der Waals surface area (Å²) in [5, 5.41) is 3.33. The Hall–Kier alpha value is -1.83. The Kier molecular flexibility index (Phi) is 5.78. The third kappa shape index (κ3) is 4.84. The summed E-state index contributed by atoms with van der Waals surface area (Å²) in [6.45, 7) is 3.98. The van der Waals surface area contributed by atoms with Gasteiger partial charge in [-0.15, -0.1) is 0 Å². The molecule has 25 heavy (non-hydrogen) atoms. The van der Waals surface area contributed by atoms with Crippen LogP contribution in [0.5, 0.6) is 0 Å². The minimum atomic E-state index is -4.31. The molecule has 2 heterocycles.